The largest absolute Gasteiger partial charge is 0.493 e. The second-order valence-corrected chi connectivity index (χ2v) is 5.50. The second kappa shape index (κ2) is 9.00. The summed E-state index contributed by atoms with van der Waals surface area (Å²) in [6.07, 6.45) is 2.91. The standard InChI is InChI=1S/C19H24N2O/c1-21(2)13-8-14-22-19-12-7-6-11-18(19)16-20-15-17-9-4-3-5-10-17/h3-7,9-12,16H,8,13-15H2,1-2H3/b20-16-. The summed E-state index contributed by atoms with van der Waals surface area (Å²) < 4.78 is 5.87. The van der Waals surface area contributed by atoms with Crippen molar-refractivity contribution in [1.29, 1.82) is 0 Å². The van der Waals surface area contributed by atoms with E-state index in [1.165, 1.54) is 5.56 Å². The summed E-state index contributed by atoms with van der Waals surface area (Å²) in [5.41, 5.74) is 2.24. The molecule has 0 unspecified atom stereocenters. The number of aliphatic imine (C=N–C) groups is 1. The molecule has 0 N–H and O–H groups in total. The Morgan fingerprint density at radius 2 is 1.73 bits per heavy atom. The first-order valence-electron chi connectivity index (χ1n) is 7.66. The van der Waals surface area contributed by atoms with Crippen molar-refractivity contribution in [2.24, 2.45) is 4.99 Å². The molecule has 0 radical (unpaired) electrons. The van der Waals surface area contributed by atoms with Gasteiger partial charge in [0.25, 0.3) is 0 Å². The van der Waals surface area contributed by atoms with Gasteiger partial charge in [-0.3, -0.25) is 4.99 Å². The van der Waals surface area contributed by atoms with E-state index in [-0.39, 0.29) is 0 Å². The fraction of sp³-hybridized carbons (Fsp3) is 0.316. The molecule has 22 heavy (non-hydrogen) atoms. The Morgan fingerprint density at radius 3 is 2.50 bits per heavy atom. The average molecular weight is 296 g/mol. The Morgan fingerprint density at radius 1 is 1.00 bits per heavy atom. The van der Waals surface area contributed by atoms with Crippen LogP contribution in [0.15, 0.2) is 59.6 Å². The first-order valence-corrected chi connectivity index (χ1v) is 7.66. The van der Waals surface area contributed by atoms with Crippen LogP contribution >= 0.6 is 0 Å². The topological polar surface area (TPSA) is 24.8 Å². The van der Waals surface area contributed by atoms with Gasteiger partial charge < -0.3 is 9.64 Å². The molecule has 0 aromatic heterocycles. The van der Waals surface area contributed by atoms with Crippen LogP contribution < -0.4 is 4.74 Å². The van der Waals surface area contributed by atoms with E-state index in [2.05, 4.69) is 36.1 Å². The summed E-state index contributed by atoms with van der Waals surface area (Å²) in [4.78, 5) is 6.68. The lowest BCUT2D eigenvalue weighted by Crippen LogP contribution is -2.15. The van der Waals surface area contributed by atoms with E-state index in [1.54, 1.807) is 0 Å². The van der Waals surface area contributed by atoms with Crippen molar-refractivity contribution in [3.8, 4) is 5.75 Å². The lowest BCUT2D eigenvalue weighted by Gasteiger charge is -2.11. The Bertz CT molecular complexity index is 579. The lowest BCUT2D eigenvalue weighted by atomic mass is 10.2. The third-order valence-corrected chi connectivity index (χ3v) is 3.27. The second-order valence-electron chi connectivity index (χ2n) is 5.50. The Labute approximate surface area is 133 Å². The zero-order valence-corrected chi connectivity index (χ0v) is 13.4. The van der Waals surface area contributed by atoms with Crippen LogP contribution in [0.3, 0.4) is 0 Å². The van der Waals surface area contributed by atoms with E-state index < -0.39 is 0 Å². The predicted octanol–water partition coefficient (Wildman–Crippen LogP) is 3.64. The molecule has 0 saturated carbocycles. The van der Waals surface area contributed by atoms with Crippen molar-refractivity contribution < 1.29 is 4.74 Å². The third-order valence-electron chi connectivity index (χ3n) is 3.27. The van der Waals surface area contributed by atoms with Crippen LogP contribution in [0.1, 0.15) is 17.5 Å². The van der Waals surface area contributed by atoms with E-state index in [0.717, 1.165) is 30.9 Å². The molecule has 2 rings (SSSR count). The van der Waals surface area contributed by atoms with Crippen molar-refractivity contribution in [2.75, 3.05) is 27.2 Å². The number of hydrogen-bond donors (Lipinski definition) is 0. The van der Waals surface area contributed by atoms with Crippen molar-refractivity contribution in [1.82, 2.24) is 4.90 Å². The minimum Gasteiger partial charge on any atom is -0.493 e. The van der Waals surface area contributed by atoms with Crippen LogP contribution in [0.4, 0.5) is 0 Å². The van der Waals surface area contributed by atoms with E-state index in [1.807, 2.05) is 48.7 Å². The lowest BCUT2D eigenvalue weighted by molar-refractivity contribution is 0.281. The molecule has 0 spiro atoms. The van der Waals surface area contributed by atoms with E-state index in [4.69, 9.17) is 4.74 Å². The highest BCUT2D eigenvalue weighted by Crippen LogP contribution is 2.16. The molecular formula is C19H24N2O. The molecule has 0 saturated heterocycles. The minimum absolute atomic E-state index is 0.690. The molecule has 0 aliphatic carbocycles. The van der Waals surface area contributed by atoms with E-state index in [0.29, 0.717) is 6.54 Å². The highest BCUT2D eigenvalue weighted by atomic mass is 16.5. The van der Waals surface area contributed by atoms with Crippen LogP contribution in [-0.4, -0.2) is 38.4 Å². The predicted molar refractivity (Wildman–Crippen MR) is 92.8 cm³/mol. The molecule has 0 bridgehead atoms. The maximum Gasteiger partial charge on any atom is 0.128 e. The van der Waals surface area contributed by atoms with E-state index in [9.17, 15) is 0 Å². The number of ether oxygens (including phenoxy) is 1. The van der Waals surface area contributed by atoms with Crippen LogP contribution in [-0.2, 0) is 6.54 Å². The van der Waals surface area contributed by atoms with Gasteiger partial charge in [-0.2, -0.15) is 0 Å². The van der Waals surface area contributed by atoms with Gasteiger partial charge in [0.15, 0.2) is 0 Å². The van der Waals surface area contributed by atoms with Crippen LogP contribution in [0, 0.1) is 0 Å². The first-order chi connectivity index (χ1) is 10.8. The molecule has 3 nitrogen and oxygen atoms in total. The van der Waals surface area contributed by atoms with Gasteiger partial charge in [-0.15, -0.1) is 0 Å². The third kappa shape index (κ3) is 5.70. The molecule has 0 atom stereocenters. The molecule has 0 amide bonds. The summed E-state index contributed by atoms with van der Waals surface area (Å²) >= 11 is 0. The van der Waals surface area contributed by atoms with Gasteiger partial charge in [0.05, 0.1) is 13.2 Å². The SMILES string of the molecule is CN(C)CCCOc1ccccc1/C=N\Cc1ccccc1. The zero-order valence-electron chi connectivity index (χ0n) is 13.4. The molecular weight excluding hydrogens is 272 g/mol. The van der Waals surface area contributed by atoms with E-state index >= 15 is 0 Å². The first kappa shape index (κ1) is 16.2. The fourth-order valence-electron chi connectivity index (χ4n) is 2.11. The average Bonchev–Trinajstić information content (AvgIpc) is 2.54. The van der Waals surface area contributed by atoms with Gasteiger partial charge in [-0.05, 0) is 38.2 Å². The van der Waals surface area contributed by atoms with Gasteiger partial charge in [0, 0.05) is 18.3 Å². The summed E-state index contributed by atoms with van der Waals surface area (Å²) in [6, 6.07) is 18.3. The van der Waals surface area contributed by atoms with Crippen molar-refractivity contribution in [3.63, 3.8) is 0 Å². The molecule has 0 aliphatic rings. The number of rotatable bonds is 8. The monoisotopic (exact) mass is 296 g/mol. The van der Waals surface area contributed by atoms with Gasteiger partial charge in [-0.25, -0.2) is 0 Å². The molecule has 3 heteroatoms. The Balaban J connectivity index is 1.90. The molecule has 0 fully saturated rings. The Hall–Kier alpha value is -2.13. The van der Waals surface area contributed by atoms with Crippen LogP contribution in [0.2, 0.25) is 0 Å². The smallest absolute Gasteiger partial charge is 0.128 e. The summed E-state index contributed by atoms with van der Waals surface area (Å²) in [6.45, 7) is 2.45. The quantitative estimate of drug-likeness (QED) is 0.549. The highest BCUT2D eigenvalue weighted by molar-refractivity contribution is 5.83. The van der Waals surface area contributed by atoms with Gasteiger partial charge in [0.2, 0.25) is 0 Å². The number of nitrogens with zero attached hydrogens (tertiary/aromatic N) is 2. The number of para-hydroxylation sites is 1. The summed E-state index contributed by atoms with van der Waals surface area (Å²) in [7, 11) is 4.15. The maximum atomic E-state index is 5.87. The molecule has 2 aromatic rings. The molecule has 0 aliphatic heterocycles. The zero-order chi connectivity index (χ0) is 15.6. The van der Waals surface area contributed by atoms with Gasteiger partial charge in [0.1, 0.15) is 5.75 Å². The fourth-order valence-corrected chi connectivity index (χ4v) is 2.11. The Kier molecular flexibility index (Phi) is 6.65. The van der Waals surface area contributed by atoms with Crippen LogP contribution in [0.5, 0.6) is 5.75 Å². The number of benzene rings is 2. The highest BCUT2D eigenvalue weighted by Gasteiger charge is 2.00. The molecule has 116 valence electrons. The van der Waals surface area contributed by atoms with Crippen molar-refractivity contribution >= 4 is 6.21 Å². The van der Waals surface area contributed by atoms with Gasteiger partial charge in [-0.1, -0.05) is 42.5 Å². The van der Waals surface area contributed by atoms with Gasteiger partial charge >= 0.3 is 0 Å². The van der Waals surface area contributed by atoms with Crippen molar-refractivity contribution in [2.45, 2.75) is 13.0 Å². The maximum absolute atomic E-state index is 5.87. The van der Waals surface area contributed by atoms with Crippen molar-refractivity contribution in [3.05, 3.63) is 65.7 Å². The molecule has 0 heterocycles. The number of hydrogen-bond acceptors (Lipinski definition) is 3. The normalized spacial score (nSPS) is 11.2. The summed E-state index contributed by atoms with van der Waals surface area (Å²) in [5, 5.41) is 0. The minimum atomic E-state index is 0.690. The molecule has 2 aromatic carbocycles. The van der Waals surface area contributed by atoms with Crippen LogP contribution in [0.25, 0.3) is 0 Å². The summed E-state index contributed by atoms with van der Waals surface area (Å²) in [5.74, 6) is 0.901.